The Hall–Kier alpha value is -1.43. The van der Waals surface area contributed by atoms with E-state index in [9.17, 15) is 4.79 Å². The molecule has 0 saturated carbocycles. The second-order valence-corrected chi connectivity index (χ2v) is 5.44. The SMILES string of the molecule is CCC(CC)NC(=O)c1nnn(C2CCNCC2)c1C. The quantitative estimate of drug-likeness (QED) is 0.855. The smallest absolute Gasteiger partial charge is 0.273 e. The van der Waals surface area contributed by atoms with Crippen LogP contribution in [0.1, 0.15) is 61.8 Å². The molecule has 2 rings (SSSR count). The summed E-state index contributed by atoms with van der Waals surface area (Å²) in [5.41, 5.74) is 1.34. The van der Waals surface area contributed by atoms with Crippen LogP contribution in [-0.2, 0) is 0 Å². The van der Waals surface area contributed by atoms with Crippen LogP contribution in [0.15, 0.2) is 0 Å². The third-order valence-electron chi connectivity index (χ3n) is 4.12. The first-order chi connectivity index (χ1) is 9.67. The summed E-state index contributed by atoms with van der Waals surface area (Å²) in [5, 5.41) is 14.6. The van der Waals surface area contributed by atoms with Crippen LogP contribution in [0.4, 0.5) is 0 Å². The molecule has 1 aromatic heterocycles. The summed E-state index contributed by atoms with van der Waals surface area (Å²) >= 11 is 0. The molecule has 2 heterocycles. The highest BCUT2D eigenvalue weighted by atomic mass is 16.2. The molecule has 1 amide bonds. The highest BCUT2D eigenvalue weighted by Gasteiger charge is 2.23. The first kappa shape index (κ1) is 15.0. The molecular formula is C14H25N5O. The van der Waals surface area contributed by atoms with Crippen molar-refractivity contribution in [3.63, 3.8) is 0 Å². The van der Waals surface area contributed by atoms with Crippen LogP contribution in [0.25, 0.3) is 0 Å². The molecule has 0 aromatic carbocycles. The van der Waals surface area contributed by atoms with Gasteiger partial charge in [-0.05, 0) is 45.7 Å². The van der Waals surface area contributed by atoms with E-state index in [0.717, 1.165) is 44.5 Å². The molecule has 0 bridgehead atoms. The van der Waals surface area contributed by atoms with Gasteiger partial charge in [-0.2, -0.15) is 0 Å². The maximum atomic E-state index is 12.3. The van der Waals surface area contributed by atoms with Gasteiger partial charge in [-0.15, -0.1) is 5.10 Å². The Balaban J connectivity index is 2.09. The number of amides is 1. The van der Waals surface area contributed by atoms with E-state index in [0.29, 0.717) is 11.7 Å². The molecule has 1 aromatic rings. The van der Waals surface area contributed by atoms with Gasteiger partial charge in [-0.25, -0.2) is 4.68 Å². The molecule has 6 nitrogen and oxygen atoms in total. The van der Waals surface area contributed by atoms with E-state index in [4.69, 9.17) is 0 Å². The summed E-state index contributed by atoms with van der Waals surface area (Å²) in [6.45, 7) is 8.09. The highest BCUT2D eigenvalue weighted by molar-refractivity contribution is 5.93. The third-order valence-corrected chi connectivity index (χ3v) is 4.12. The molecule has 6 heteroatoms. The number of hydrogen-bond donors (Lipinski definition) is 2. The Morgan fingerprint density at radius 1 is 1.40 bits per heavy atom. The van der Waals surface area contributed by atoms with Crippen molar-refractivity contribution in [2.45, 2.75) is 58.5 Å². The van der Waals surface area contributed by atoms with E-state index in [1.807, 2.05) is 11.6 Å². The van der Waals surface area contributed by atoms with Gasteiger partial charge in [0.2, 0.25) is 0 Å². The molecule has 1 aliphatic rings. The second-order valence-electron chi connectivity index (χ2n) is 5.44. The van der Waals surface area contributed by atoms with Crippen molar-refractivity contribution in [1.29, 1.82) is 0 Å². The monoisotopic (exact) mass is 279 g/mol. The fourth-order valence-corrected chi connectivity index (χ4v) is 2.70. The molecule has 1 fully saturated rings. The van der Waals surface area contributed by atoms with Crippen LogP contribution in [-0.4, -0.2) is 40.0 Å². The van der Waals surface area contributed by atoms with E-state index >= 15 is 0 Å². The van der Waals surface area contributed by atoms with Crippen LogP contribution >= 0.6 is 0 Å². The first-order valence-corrected chi connectivity index (χ1v) is 7.60. The molecule has 0 unspecified atom stereocenters. The number of piperidine rings is 1. The predicted molar refractivity (Wildman–Crippen MR) is 77.7 cm³/mol. The maximum absolute atomic E-state index is 12.3. The summed E-state index contributed by atoms with van der Waals surface area (Å²) < 4.78 is 1.92. The zero-order chi connectivity index (χ0) is 14.5. The van der Waals surface area contributed by atoms with Gasteiger partial charge >= 0.3 is 0 Å². The Morgan fingerprint density at radius 3 is 2.65 bits per heavy atom. The van der Waals surface area contributed by atoms with Crippen molar-refractivity contribution in [3.05, 3.63) is 11.4 Å². The molecule has 20 heavy (non-hydrogen) atoms. The van der Waals surface area contributed by atoms with Crippen LogP contribution in [0, 0.1) is 6.92 Å². The van der Waals surface area contributed by atoms with Gasteiger partial charge in [0.05, 0.1) is 11.7 Å². The summed E-state index contributed by atoms with van der Waals surface area (Å²) in [5.74, 6) is -0.101. The van der Waals surface area contributed by atoms with E-state index < -0.39 is 0 Å². The molecule has 1 saturated heterocycles. The molecule has 0 spiro atoms. The molecule has 2 N–H and O–H groups in total. The van der Waals surface area contributed by atoms with Crippen molar-refractivity contribution in [2.75, 3.05) is 13.1 Å². The minimum absolute atomic E-state index is 0.101. The zero-order valence-electron chi connectivity index (χ0n) is 12.6. The van der Waals surface area contributed by atoms with E-state index in [1.54, 1.807) is 0 Å². The molecule has 1 aliphatic heterocycles. The molecule has 0 radical (unpaired) electrons. The minimum atomic E-state index is -0.101. The van der Waals surface area contributed by atoms with Gasteiger partial charge in [-0.1, -0.05) is 19.1 Å². The number of carbonyl (C=O) groups is 1. The largest absolute Gasteiger partial charge is 0.348 e. The summed E-state index contributed by atoms with van der Waals surface area (Å²) in [4.78, 5) is 12.3. The van der Waals surface area contributed by atoms with E-state index in [1.165, 1.54) is 0 Å². The normalized spacial score (nSPS) is 16.6. The van der Waals surface area contributed by atoms with Gasteiger partial charge < -0.3 is 10.6 Å². The lowest BCUT2D eigenvalue weighted by Crippen LogP contribution is -2.34. The van der Waals surface area contributed by atoms with Crippen molar-refractivity contribution in [2.24, 2.45) is 0 Å². The van der Waals surface area contributed by atoms with Crippen molar-refractivity contribution >= 4 is 5.91 Å². The maximum Gasteiger partial charge on any atom is 0.273 e. The van der Waals surface area contributed by atoms with Gasteiger partial charge in [0.15, 0.2) is 5.69 Å². The van der Waals surface area contributed by atoms with Crippen LogP contribution in [0.5, 0.6) is 0 Å². The van der Waals surface area contributed by atoms with Gasteiger partial charge in [0.25, 0.3) is 5.91 Å². The van der Waals surface area contributed by atoms with E-state index in [-0.39, 0.29) is 11.9 Å². The average Bonchev–Trinajstić information content (AvgIpc) is 2.87. The number of carbonyl (C=O) groups excluding carboxylic acids is 1. The molecule has 0 atom stereocenters. The lowest BCUT2D eigenvalue weighted by Gasteiger charge is -2.23. The van der Waals surface area contributed by atoms with Crippen LogP contribution < -0.4 is 10.6 Å². The number of aromatic nitrogens is 3. The Labute approximate surface area is 120 Å². The number of rotatable bonds is 5. The number of nitrogens with zero attached hydrogens (tertiary/aromatic N) is 3. The molecular weight excluding hydrogens is 254 g/mol. The van der Waals surface area contributed by atoms with Crippen molar-refractivity contribution < 1.29 is 4.79 Å². The standard InChI is InChI=1S/C14H25N5O/c1-4-11(5-2)16-14(20)13-10(3)19(18-17-13)12-6-8-15-9-7-12/h11-12,15H,4-9H2,1-3H3,(H,16,20). The van der Waals surface area contributed by atoms with Crippen LogP contribution in [0.2, 0.25) is 0 Å². The average molecular weight is 279 g/mol. The third kappa shape index (κ3) is 3.17. The highest BCUT2D eigenvalue weighted by Crippen LogP contribution is 2.20. The van der Waals surface area contributed by atoms with E-state index in [2.05, 4.69) is 34.8 Å². The second kappa shape index (κ2) is 6.83. The zero-order valence-corrected chi connectivity index (χ0v) is 12.6. The fraction of sp³-hybridized carbons (Fsp3) is 0.786. The molecule has 112 valence electrons. The van der Waals surface area contributed by atoms with Gasteiger partial charge in [-0.3, -0.25) is 4.79 Å². The summed E-state index contributed by atoms with van der Waals surface area (Å²) in [6.07, 6.45) is 3.95. The first-order valence-electron chi connectivity index (χ1n) is 7.60. The topological polar surface area (TPSA) is 71.8 Å². The lowest BCUT2D eigenvalue weighted by atomic mass is 10.1. The Morgan fingerprint density at radius 2 is 2.05 bits per heavy atom. The number of hydrogen-bond acceptors (Lipinski definition) is 4. The Kier molecular flexibility index (Phi) is 5.11. The predicted octanol–water partition coefficient (Wildman–Crippen LogP) is 1.43. The van der Waals surface area contributed by atoms with Crippen LogP contribution in [0.3, 0.4) is 0 Å². The number of nitrogens with one attached hydrogen (secondary N) is 2. The van der Waals surface area contributed by atoms with Gasteiger partial charge in [0.1, 0.15) is 0 Å². The molecule has 0 aliphatic carbocycles. The van der Waals surface area contributed by atoms with Crippen molar-refractivity contribution in [3.8, 4) is 0 Å². The summed E-state index contributed by atoms with van der Waals surface area (Å²) in [7, 11) is 0. The van der Waals surface area contributed by atoms with Crippen molar-refractivity contribution in [1.82, 2.24) is 25.6 Å². The van der Waals surface area contributed by atoms with Gasteiger partial charge in [0, 0.05) is 6.04 Å². The lowest BCUT2D eigenvalue weighted by molar-refractivity contribution is 0.0929. The Bertz CT molecular complexity index is 446. The fourth-order valence-electron chi connectivity index (χ4n) is 2.70. The minimum Gasteiger partial charge on any atom is -0.348 e. The summed E-state index contributed by atoms with van der Waals surface area (Å²) in [6, 6.07) is 0.573.